The molecule has 110 valence electrons. The summed E-state index contributed by atoms with van der Waals surface area (Å²) < 4.78 is 0. The van der Waals surface area contributed by atoms with E-state index in [4.69, 9.17) is 5.11 Å². The van der Waals surface area contributed by atoms with Crippen LogP contribution in [0.2, 0.25) is 0 Å². The highest BCUT2D eigenvalue weighted by Gasteiger charge is 2.50. The van der Waals surface area contributed by atoms with Crippen molar-refractivity contribution in [2.24, 2.45) is 0 Å². The van der Waals surface area contributed by atoms with E-state index in [0.29, 0.717) is 4.90 Å². The van der Waals surface area contributed by atoms with Gasteiger partial charge in [0.2, 0.25) is 0 Å². The van der Waals surface area contributed by atoms with Crippen LogP contribution in [0.15, 0.2) is 24.3 Å². The van der Waals surface area contributed by atoms with E-state index in [9.17, 15) is 24.3 Å². The number of benzene rings is 1. The van der Waals surface area contributed by atoms with Crippen LogP contribution in [0, 0.1) is 0 Å². The monoisotopic (exact) mass is 291 g/mol. The molecule has 1 aliphatic rings. The lowest BCUT2D eigenvalue weighted by molar-refractivity contribution is -0.148. The summed E-state index contributed by atoms with van der Waals surface area (Å²) >= 11 is 0. The van der Waals surface area contributed by atoms with Gasteiger partial charge >= 0.3 is 11.9 Å². The van der Waals surface area contributed by atoms with Crippen LogP contribution in [0.5, 0.6) is 0 Å². The first-order valence-corrected chi connectivity index (χ1v) is 6.22. The van der Waals surface area contributed by atoms with Gasteiger partial charge < -0.3 is 10.2 Å². The third-order valence-corrected chi connectivity index (χ3v) is 3.57. The van der Waals surface area contributed by atoms with Gasteiger partial charge in [0.15, 0.2) is 0 Å². The van der Waals surface area contributed by atoms with Crippen LogP contribution in [0.4, 0.5) is 0 Å². The second-order valence-electron chi connectivity index (χ2n) is 4.96. The fraction of sp³-hybridized carbons (Fsp3) is 0.286. The molecular formula is C14H13NO6. The van der Waals surface area contributed by atoms with Crippen molar-refractivity contribution in [3.05, 3.63) is 35.4 Å². The summed E-state index contributed by atoms with van der Waals surface area (Å²) in [6, 6.07) is 6.02. The molecule has 2 rings (SSSR count). The van der Waals surface area contributed by atoms with Gasteiger partial charge in [-0.3, -0.25) is 19.3 Å². The summed E-state index contributed by atoms with van der Waals surface area (Å²) in [6.07, 6.45) is -0.820. The largest absolute Gasteiger partial charge is 0.481 e. The fourth-order valence-corrected chi connectivity index (χ4v) is 2.30. The lowest BCUT2D eigenvalue weighted by Crippen LogP contribution is -2.55. The summed E-state index contributed by atoms with van der Waals surface area (Å²) in [5.74, 6) is -4.05. The molecule has 0 radical (unpaired) electrons. The van der Waals surface area contributed by atoms with Gasteiger partial charge in [0.05, 0.1) is 11.1 Å². The van der Waals surface area contributed by atoms with Crippen molar-refractivity contribution in [2.45, 2.75) is 25.3 Å². The maximum absolute atomic E-state index is 12.3. The molecule has 2 N–H and O–H groups in total. The first kappa shape index (κ1) is 14.7. The maximum Gasteiger partial charge on any atom is 0.329 e. The number of amides is 2. The van der Waals surface area contributed by atoms with Crippen LogP contribution < -0.4 is 0 Å². The Balaban J connectivity index is 2.44. The number of hydrogen-bond donors (Lipinski definition) is 2. The minimum absolute atomic E-state index is 0.130. The maximum atomic E-state index is 12.3. The smallest absolute Gasteiger partial charge is 0.329 e. The van der Waals surface area contributed by atoms with Crippen LogP contribution in [-0.4, -0.2) is 44.4 Å². The molecule has 0 aliphatic carbocycles. The van der Waals surface area contributed by atoms with E-state index in [-0.39, 0.29) is 17.5 Å². The van der Waals surface area contributed by atoms with Gasteiger partial charge in [0.25, 0.3) is 11.8 Å². The average Bonchev–Trinajstić information content (AvgIpc) is 2.69. The van der Waals surface area contributed by atoms with Gasteiger partial charge in [-0.1, -0.05) is 12.1 Å². The molecule has 0 spiro atoms. The van der Waals surface area contributed by atoms with E-state index >= 15 is 0 Å². The van der Waals surface area contributed by atoms with Crippen LogP contribution in [0.25, 0.3) is 0 Å². The molecule has 21 heavy (non-hydrogen) atoms. The van der Waals surface area contributed by atoms with E-state index in [1.165, 1.54) is 19.1 Å². The lowest BCUT2D eigenvalue weighted by Gasteiger charge is -2.32. The van der Waals surface area contributed by atoms with Crippen molar-refractivity contribution >= 4 is 23.8 Å². The van der Waals surface area contributed by atoms with E-state index in [2.05, 4.69) is 0 Å². The Bertz CT molecular complexity index is 618. The zero-order valence-corrected chi connectivity index (χ0v) is 11.2. The molecule has 1 aromatic rings. The summed E-state index contributed by atoms with van der Waals surface area (Å²) in [4.78, 5) is 47.4. The third-order valence-electron chi connectivity index (χ3n) is 3.57. The summed E-state index contributed by atoms with van der Waals surface area (Å²) in [5, 5.41) is 18.1. The number of imide groups is 1. The third kappa shape index (κ3) is 2.26. The van der Waals surface area contributed by atoms with Crippen LogP contribution in [0.3, 0.4) is 0 Å². The summed E-state index contributed by atoms with van der Waals surface area (Å²) in [7, 11) is 0. The van der Waals surface area contributed by atoms with Gasteiger partial charge in [-0.25, -0.2) is 4.79 Å². The van der Waals surface area contributed by atoms with Crippen molar-refractivity contribution in [1.82, 2.24) is 4.90 Å². The number of aliphatic carboxylic acids is 2. The number of fused-ring (bicyclic) bond motifs is 1. The second-order valence-corrected chi connectivity index (χ2v) is 4.96. The topological polar surface area (TPSA) is 112 Å². The van der Waals surface area contributed by atoms with Crippen molar-refractivity contribution in [3.8, 4) is 0 Å². The molecule has 1 atom stereocenters. The SMILES string of the molecule is C[C@](CCC(=O)O)(C(=O)O)N1C(=O)c2ccccc2C1=O. The Labute approximate surface area is 119 Å². The zero-order chi connectivity index (χ0) is 15.8. The molecule has 7 heteroatoms. The van der Waals surface area contributed by atoms with Crippen molar-refractivity contribution in [2.75, 3.05) is 0 Å². The van der Waals surface area contributed by atoms with E-state index in [0.717, 1.165) is 0 Å². The van der Waals surface area contributed by atoms with Gasteiger partial charge in [-0.05, 0) is 25.5 Å². The first-order chi connectivity index (χ1) is 9.79. The summed E-state index contributed by atoms with van der Waals surface area (Å²) in [6.45, 7) is 1.18. The van der Waals surface area contributed by atoms with Gasteiger partial charge in [-0.2, -0.15) is 0 Å². The molecular weight excluding hydrogens is 278 g/mol. The Hall–Kier alpha value is -2.70. The number of carboxylic acid groups (broad SMARTS) is 2. The molecule has 7 nitrogen and oxygen atoms in total. The fourth-order valence-electron chi connectivity index (χ4n) is 2.30. The molecule has 0 saturated carbocycles. The molecule has 0 fully saturated rings. The van der Waals surface area contributed by atoms with Crippen molar-refractivity contribution in [1.29, 1.82) is 0 Å². The Morgan fingerprint density at radius 1 is 1.10 bits per heavy atom. The minimum Gasteiger partial charge on any atom is -0.481 e. The first-order valence-electron chi connectivity index (χ1n) is 6.22. The van der Waals surface area contributed by atoms with Gasteiger partial charge in [0, 0.05) is 6.42 Å². The predicted octanol–water partition coefficient (Wildman–Crippen LogP) is 0.991. The standard InChI is InChI=1S/C14H13NO6/c1-14(13(20)21,7-6-10(16)17)15-11(18)8-4-2-3-5-9(8)12(15)19/h2-5H,6-7H2,1H3,(H,16,17)(H,20,21)/t14-/m0/s1. The van der Waals surface area contributed by atoms with Crippen LogP contribution in [-0.2, 0) is 9.59 Å². The number of nitrogens with zero attached hydrogens (tertiary/aromatic N) is 1. The molecule has 1 heterocycles. The normalized spacial score (nSPS) is 16.5. The number of rotatable bonds is 5. The van der Waals surface area contributed by atoms with E-state index in [1.54, 1.807) is 12.1 Å². The number of carboxylic acids is 2. The Morgan fingerprint density at radius 2 is 1.57 bits per heavy atom. The van der Waals surface area contributed by atoms with Gasteiger partial charge in [0.1, 0.15) is 5.54 Å². The number of carbonyl (C=O) groups is 4. The quantitative estimate of drug-likeness (QED) is 0.782. The highest BCUT2D eigenvalue weighted by atomic mass is 16.4. The molecule has 0 bridgehead atoms. The molecule has 1 aliphatic heterocycles. The Morgan fingerprint density at radius 3 is 1.95 bits per heavy atom. The van der Waals surface area contributed by atoms with Crippen LogP contribution >= 0.6 is 0 Å². The van der Waals surface area contributed by atoms with Crippen LogP contribution in [0.1, 0.15) is 40.5 Å². The highest BCUT2D eigenvalue weighted by molar-refractivity contribution is 6.23. The van der Waals surface area contributed by atoms with Crippen molar-refractivity contribution in [3.63, 3.8) is 0 Å². The zero-order valence-electron chi connectivity index (χ0n) is 11.2. The lowest BCUT2D eigenvalue weighted by atomic mass is 9.93. The average molecular weight is 291 g/mol. The molecule has 0 unspecified atom stereocenters. The highest BCUT2D eigenvalue weighted by Crippen LogP contribution is 2.32. The molecule has 1 aromatic carbocycles. The van der Waals surface area contributed by atoms with E-state index < -0.39 is 35.7 Å². The second kappa shape index (κ2) is 5.01. The minimum atomic E-state index is -1.90. The van der Waals surface area contributed by atoms with Crippen molar-refractivity contribution < 1.29 is 29.4 Å². The molecule has 0 saturated heterocycles. The van der Waals surface area contributed by atoms with Gasteiger partial charge in [-0.15, -0.1) is 0 Å². The summed E-state index contributed by atoms with van der Waals surface area (Å²) in [5.41, 5.74) is -1.64. The van der Waals surface area contributed by atoms with E-state index in [1.807, 2.05) is 0 Å². The molecule has 0 aromatic heterocycles. The predicted molar refractivity (Wildman–Crippen MR) is 69.9 cm³/mol. The Kier molecular flexibility index (Phi) is 3.51. The molecule has 2 amide bonds. The number of hydrogen-bond acceptors (Lipinski definition) is 4. The number of carbonyl (C=O) groups excluding carboxylic acids is 2.